The van der Waals surface area contributed by atoms with Gasteiger partial charge in [-0.2, -0.15) is 0 Å². The topological polar surface area (TPSA) is 63.4 Å². The van der Waals surface area contributed by atoms with E-state index < -0.39 is 4.92 Å². The van der Waals surface area contributed by atoms with Crippen molar-refractivity contribution in [3.05, 3.63) is 33.9 Å². The van der Waals surface area contributed by atoms with Gasteiger partial charge in [-0.25, -0.2) is 0 Å². The zero-order valence-corrected chi connectivity index (χ0v) is 9.63. The summed E-state index contributed by atoms with van der Waals surface area (Å²) in [6.07, 6.45) is 3.50. The van der Waals surface area contributed by atoms with Crippen molar-refractivity contribution in [3.63, 3.8) is 0 Å². The zero-order valence-electron chi connectivity index (χ0n) is 9.63. The Labute approximate surface area is 99.2 Å². The van der Waals surface area contributed by atoms with Crippen molar-refractivity contribution in [2.24, 2.45) is 0 Å². The van der Waals surface area contributed by atoms with Crippen LogP contribution >= 0.6 is 0 Å². The van der Waals surface area contributed by atoms with Gasteiger partial charge in [0, 0.05) is 24.9 Å². The quantitative estimate of drug-likeness (QED) is 0.445. The average Bonchev–Trinajstić information content (AvgIpc) is 2.48. The van der Waals surface area contributed by atoms with Gasteiger partial charge in [-0.05, 0) is 24.8 Å². The van der Waals surface area contributed by atoms with Crippen molar-refractivity contribution in [1.82, 2.24) is 0 Å². The van der Waals surface area contributed by atoms with Gasteiger partial charge < -0.3 is 9.69 Å². The van der Waals surface area contributed by atoms with Gasteiger partial charge in [-0.15, -0.1) is 0 Å². The molecule has 0 amide bonds. The Morgan fingerprint density at radius 1 is 1.53 bits per heavy atom. The third kappa shape index (κ3) is 2.13. The number of aryl methyl sites for hydroxylation is 1. The molecule has 0 saturated carbocycles. The summed E-state index contributed by atoms with van der Waals surface area (Å²) in [6.45, 7) is 0. The molecule has 0 aromatic heterocycles. The SMILES string of the molecule is CN1c2cc([N+](=O)[O-])ccc2CCCC1C=O. The van der Waals surface area contributed by atoms with Crippen LogP contribution in [-0.4, -0.2) is 24.3 Å². The van der Waals surface area contributed by atoms with Crippen LogP contribution in [0, 0.1) is 10.1 Å². The summed E-state index contributed by atoms with van der Waals surface area (Å²) in [4.78, 5) is 23.2. The molecule has 0 saturated heterocycles. The fraction of sp³-hybridized carbons (Fsp3) is 0.417. The van der Waals surface area contributed by atoms with Gasteiger partial charge in [0.15, 0.2) is 0 Å². The lowest BCUT2D eigenvalue weighted by Crippen LogP contribution is -2.32. The number of rotatable bonds is 2. The number of nitrogens with zero attached hydrogens (tertiary/aromatic N) is 2. The number of anilines is 1. The highest BCUT2D eigenvalue weighted by atomic mass is 16.6. The molecule has 1 unspecified atom stereocenters. The molecule has 1 atom stereocenters. The molecule has 0 aliphatic carbocycles. The lowest BCUT2D eigenvalue weighted by Gasteiger charge is -2.24. The van der Waals surface area contributed by atoms with Gasteiger partial charge in [0.25, 0.3) is 5.69 Å². The summed E-state index contributed by atoms with van der Waals surface area (Å²) in [6, 6.07) is 4.68. The third-order valence-electron chi connectivity index (χ3n) is 3.26. The normalized spacial score (nSPS) is 19.4. The van der Waals surface area contributed by atoms with Crippen LogP contribution in [0.4, 0.5) is 11.4 Å². The van der Waals surface area contributed by atoms with E-state index >= 15 is 0 Å². The number of carbonyl (C=O) groups excluding carboxylic acids is 1. The maximum absolute atomic E-state index is 11.0. The highest BCUT2D eigenvalue weighted by Crippen LogP contribution is 2.31. The minimum absolute atomic E-state index is 0.0714. The van der Waals surface area contributed by atoms with E-state index in [9.17, 15) is 14.9 Å². The molecular weight excluding hydrogens is 220 g/mol. The first-order valence-corrected chi connectivity index (χ1v) is 5.59. The fourth-order valence-corrected chi connectivity index (χ4v) is 2.24. The van der Waals surface area contributed by atoms with Crippen molar-refractivity contribution < 1.29 is 9.72 Å². The van der Waals surface area contributed by atoms with Crippen LogP contribution in [0.15, 0.2) is 18.2 Å². The van der Waals surface area contributed by atoms with Crippen LogP contribution in [0.2, 0.25) is 0 Å². The van der Waals surface area contributed by atoms with Crippen LogP contribution in [0.1, 0.15) is 18.4 Å². The number of likely N-dealkylation sites (N-methyl/N-ethyl adjacent to an activating group) is 1. The standard InChI is InChI=1S/C12H14N2O3/c1-13-11(8-15)4-2-3-9-5-6-10(14(16)17)7-12(9)13/h5-8,11H,2-4H2,1H3. The molecule has 1 aromatic rings. The van der Waals surface area contributed by atoms with Crippen LogP contribution in [-0.2, 0) is 11.2 Å². The minimum atomic E-state index is -0.408. The van der Waals surface area contributed by atoms with Gasteiger partial charge in [-0.3, -0.25) is 10.1 Å². The molecular formula is C12H14N2O3. The van der Waals surface area contributed by atoms with E-state index in [1.165, 1.54) is 6.07 Å². The van der Waals surface area contributed by atoms with E-state index in [1.54, 1.807) is 12.1 Å². The molecule has 1 aliphatic rings. The molecule has 5 nitrogen and oxygen atoms in total. The van der Waals surface area contributed by atoms with Crippen LogP contribution in [0.3, 0.4) is 0 Å². The summed E-state index contributed by atoms with van der Waals surface area (Å²) < 4.78 is 0. The number of benzene rings is 1. The third-order valence-corrected chi connectivity index (χ3v) is 3.26. The number of aldehydes is 1. The Morgan fingerprint density at radius 3 is 2.94 bits per heavy atom. The number of fused-ring (bicyclic) bond motifs is 1. The molecule has 1 aliphatic heterocycles. The van der Waals surface area contributed by atoms with Gasteiger partial charge in [0.1, 0.15) is 6.29 Å². The molecule has 0 radical (unpaired) electrons. The maximum atomic E-state index is 11.0. The molecule has 5 heteroatoms. The molecule has 2 rings (SSSR count). The van der Waals surface area contributed by atoms with Crippen LogP contribution in [0.5, 0.6) is 0 Å². The van der Waals surface area contributed by atoms with E-state index in [0.29, 0.717) is 0 Å². The summed E-state index contributed by atoms with van der Waals surface area (Å²) >= 11 is 0. The van der Waals surface area contributed by atoms with Crippen molar-refractivity contribution in [2.75, 3.05) is 11.9 Å². The first-order chi connectivity index (χ1) is 8.13. The van der Waals surface area contributed by atoms with E-state index in [-0.39, 0.29) is 11.7 Å². The predicted molar refractivity (Wildman–Crippen MR) is 64.3 cm³/mol. The zero-order chi connectivity index (χ0) is 12.4. The van der Waals surface area contributed by atoms with Gasteiger partial charge in [0.2, 0.25) is 0 Å². The number of hydrogen-bond donors (Lipinski definition) is 0. The first kappa shape index (κ1) is 11.6. The Hall–Kier alpha value is -1.91. The van der Waals surface area contributed by atoms with Crippen LogP contribution < -0.4 is 4.90 Å². The summed E-state index contributed by atoms with van der Waals surface area (Å²) in [5, 5.41) is 10.7. The fourth-order valence-electron chi connectivity index (χ4n) is 2.24. The summed E-state index contributed by atoms with van der Waals surface area (Å²) in [5.41, 5.74) is 1.94. The lowest BCUT2D eigenvalue weighted by atomic mass is 10.1. The Kier molecular flexibility index (Phi) is 3.08. The van der Waals surface area contributed by atoms with Gasteiger partial charge >= 0.3 is 0 Å². The second-order valence-corrected chi connectivity index (χ2v) is 4.28. The molecule has 17 heavy (non-hydrogen) atoms. The summed E-state index contributed by atoms with van der Waals surface area (Å²) in [5.74, 6) is 0. The number of non-ortho nitro benzene ring substituents is 1. The lowest BCUT2D eigenvalue weighted by molar-refractivity contribution is -0.384. The number of nitro benzene ring substituents is 1. The monoisotopic (exact) mass is 234 g/mol. The number of carbonyl (C=O) groups is 1. The predicted octanol–water partition coefficient (Wildman–Crippen LogP) is 1.93. The van der Waals surface area contributed by atoms with E-state index in [4.69, 9.17) is 0 Å². The van der Waals surface area contributed by atoms with Crippen molar-refractivity contribution in [1.29, 1.82) is 0 Å². The maximum Gasteiger partial charge on any atom is 0.271 e. The van der Waals surface area contributed by atoms with Crippen molar-refractivity contribution >= 4 is 17.7 Å². The smallest absolute Gasteiger partial charge is 0.271 e. The molecule has 90 valence electrons. The second kappa shape index (κ2) is 4.53. The Morgan fingerprint density at radius 2 is 2.29 bits per heavy atom. The minimum Gasteiger partial charge on any atom is -0.364 e. The van der Waals surface area contributed by atoms with E-state index in [2.05, 4.69) is 0 Å². The molecule has 1 heterocycles. The Balaban J connectivity index is 2.46. The largest absolute Gasteiger partial charge is 0.364 e. The highest BCUT2D eigenvalue weighted by molar-refractivity contribution is 5.69. The molecule has 1 aromatic carbocycles. The highest BCUT2D eigenvalue weighted by Gasteiger charge is 2.22. The number of hydrogen-bond acceptors (Lipinski definition) is 4. The molecule has 0 N–H and O–H groups in total. The van der Waals surface area contributed by atoms with Crippen LogP contribution in [0.25, 0.3) is 0 Å². The van der Waals surface area contributed by atoms with Gasteiger partial charge in [-0.1, -0.05) is 6.07 Å². The number of nitro groups is 1. The molecule has 0 fully saturated rings. The summed E-state index contributed by atoms with van der Waals surface area (Å²) in [7, 11) is 1.81. The molecule has 0 bridgehead atoms. The van der Waals surface area contributed by atoms with E-state index in [1.807, 2.05) is 11.9 Å². The average molecular weight is 234 g/mol. The van der Waals surface area contributed by atoms with Crippen molar-refractivity contribution in [3.8, 4) is 0 Å². The first-order valence-electron chi connectivity index (χ1n) is 5.59. The van der Waals surface area contributed by atoms with E-state index in [0.717, 1.165) is 36.8 Å². The Bertz CT molecular complexity index is 459. The van der Waals surface area contributed by atoms with Gasteiger partial charge in [0.05, 0.1) is 11.0 Å². The second-order valence-electron chi connectivity index (χ2n) is 4.28. The molecule has 0 spiro atoms. The van der Waals surface area contributed by atoms with Crippen molar-refractivity contribution in [2.45, 2.75) is 25.3 Å².